The predicted octanol–water partition coefficient (Wildman–Crippen LogP) is 2.91. The maximum atomic E-state index is 10.5. The van der Waals surface area contributed by atoms with Crippen molar-refractivity contribution >= 4 is 34.9 Å². The van der Waals surface area contributed by atoms with Gasteiger partial charge < -0.3 is 10.0 Å². The molecule has 0 amide bonds. The highest BCUT2D eigenvalue weighted by atomic mass is 35.5. The third-order valence-corrected chi connectivity index (χ3v) is 2.67. The number of benzene rings is 1. The molecule has 0 atom stereocenters. The Balaban J connectivity index is 2.89. The zero-order valence-corrected chi connectivity index (χ0v) is 10.5. The van der Waals surface area contributed by atoms with E-state index in [1.807, 2.05) is 0 Å². The first-order valence-corrected chi connectivity index (χ1v) is 5.65. The normalized spacial score (nSPS) is 9.71. The quantitative estimate of drug-likeness (QED) is 0.838. The number of halogens is 2. The predicted molar refractivity (Wildman–Crippen MR) is 69.8 cm³/mol. The van der Waals surface area contributed by atoms with E-state index in [1.165, 1.54) is 0 Å². The molecule has 0 aliphatic rings. The van der Waals surface area contributed by atoms with Gasteiger partial charge in [0.25, 0.3) is 0 Å². The Morgan fingerprint density at radius 2 is 2.18 bits per heavy atom. The Bertz CT molecular complexity index is 454. The average molecular weight is 272 g/mol. The van der Waals surface area contributed by atoms with Crippen molar-refractivity contribution in [2.75, 3.05) is 18.0 Å². The minimum absolute atomic E-state index is 0.000630. The van der Waals surface area contributed by atoms with Crippen LogP contribution in [-0.2, 0) is 4.79 Å². The molecule has 0 saturated carbocycles. The topological polar surface area (TPSA) is 40.5 Å². The number of carboxylic acids is 1. The molecule has 90 valence electrons. The second-order valence-corrected chi connectivity index (χ2v) is 4.21. The molecule has 0 fully saturated rings. The largest absolute Gasteiger partial charge is 0.481 e. The van der Waals surface area contributed by atoms with E-state index in [1.54, 1.807) is 23.1 Å². The van der Waals surface area contributed by atoms with Gasteiger partial charge in [0.15, 0.2) is 0 Å². The first-order chi connectivity index (χ1) is 8.04. The van der Waals surface area contributed by atoms with E-state index < -0.39 is 5.97 Å². The van der Waals surface area contributed by atoms with Crippen LogP contribution in [0.3, 0.4) is 0 Å². The summed E-state index contributed by atoms with van der Waals surface area (Å²) in [5.41, 5.74) is 0.690. The minimum atomic E-state index is -0.878. The molecule has 1 aromatic rings. The number of hydrogen-bond acceptors (Lipinski definition) is 2. The fraction of sp³-hybridized carbons (Fsp3) is 0.250. The van der Waals surface area contributed by atoms with Crippen LogP contribution in [-0.4, -0.2) is 24.2 Å². The van der Waals surface area contributed by atoms with Gasteiger partial charge in [-0.2, -0.15) is 0 Å². The maximum Gasteiger partial charge on any atom is 0.305 e. The van der Waals surface area contributed by atoms with Gasteiger partial charge in [-0.25, -0.2) is 0 Å². The Labute approximate surface area is 110 Å². The number of anilines is 1. The van der Waals surface area contributed by atoms with Crippen molar-refractivity contribution in [3.8, 4) is 12.3 Å². The first-order valence-electron chi connectivity index (χ1n) is 4.90. The van der Waals surface area contributed by atoms with Gasteiger partial charge in [0.2, 0.25) is 0 Å². The number of rotatable bonds is 5. The van der Waals surface area contributed by atoms with Crippen molar-refractivity contribution in [2.45, 2.75) is 6.42 Å². The second kappa shape index (κ2) is 6.39. The molecular formula is C12H11Cl2NO2. The van der Waals surface area contributed by atoms with Gasteiger partial charge in [-0.3, -0.25) is 4.79 Å². The van der Waals surface area contributed by atoms with E-state index in [4.69, 9.17) is 34.7 Å². The number of carboxylic acid groups (broad SMARTS) is 1. The standard InChI is InChI=1S/C12H11Cl2NO2/c1-2-6-15(7-5-12(16)17)11-4-3-9(13)8-10(11)14/h1,3-4,8H,5-7H2,(H,16,17). The Morgan fingerprint density at radius 3 is 2.71 bits per heavy atom. The summed E-state index contributed by atoms with van der Waals surface area (Å²) in [5, 5.41) is 9.64. The maximum absolute atomic E-state index is 10.5. The van der Waals surface area contributed by atoms with Gasteiger partial charge in [0.1, 0.15) is 0 Å². The molecule has 0 saturated heterocycles. The molecule has 17 heavy (non-hydrogen) atoms. The van der Waals surface area contributed by atoms with Crippen LogP contribution in [0, 0.1) is 12.3 Å². The molecular weight excluding hydrogens is 261 g/mol. The van der Waals surface area contributed by atoms with Crippen LogP contribution in [0.1, 0.15) is 6.42 Å². The summed E-state index contributed by atoms with van der Waals surface area (Å²) in [6, 6.07) is 5.01. The van der Waals surface area contributed by atoms with Crippen LogP contribution in [0.2, 0.25) is 10.0 Å². The van der Waals surface area contributed by atoms with Crippen molar-refractivity contribution in [3.05, 3.63) is 28.2 Å². The van der Waals surface area contributed by atoms with Crippen LogP contribution in [0.5, 0.6) is 0 Å². The van der Waals surface area contributed by atoms with Gasteiger partial charge in [-0.15, -0.1) is 6.42 Å². The van der Waals surface area contributed by atoms with Gasteiger partial charge in [0.05, 0.1) is 23.7 Å². The van der Waals surface area contributed by atoms with Crippen molar-refractivity contribution in [1.82, 2.24) is 0 Å². The molecule has 1 aromatic carbocycles. The summed E-state index contributed by atoms with van der Waals surface area (Å²) in [6.45, 7) is 0.607. The van der Waals surface area contributed by atoms with E-state index in [2.05, 4.69) is 5.92 Å². The number of carbonyl (C=O) groups is 1. The summed E-state index contributed by atoms with van der Waals surface area (Å²) >= 11 is 11.8. The lowest BCUT2D eigenvalue weighted by molar-refractivity contribution is -0.136. The van der Waals surface area contributed by atoms with Crippen LogP contribution < -0.4 is 4.90 Å². The fourth-order valence-corrected chi connectivity index (χ4v) is 1.89. The van der Waals surface area contributed by atoms with E-state index in [0.29, 0.717) is 28.8 Å². The third kappa shape index (κ3) is 4.18. The summed E-state index contributed by atoms with van der Waals surface area (Å²) in [5.74, 6) is 1.60. The monoisotopic (exact) mass is 271 g/mol. The Morgan fingerprint density at radius 1 is 1.47 bits per heavy atom. The van der Waals surface area contributed by atoms with Gasteiger partial charge in [0, 0.05) is 11.6 Å². The fourth-order valence-electron chi connectivity index (χ4n) is 1.36. The molecule has 0 aromatic heterocycles. The highest BCUT2D eigenvalue weighted by Gasteiger charge is 2.11. The molecule has 0 aliphatic heterocycles. The number of terminal acetylenes is 1. The molecule has 1 N–H and O–H groups in total. The van der Waals surface area contributed by atoms with Gasteiger partial charge in [-0.1, -0.05) is 29.1 Å². The lowest BCUT2D eigenvalue weighted by Crippen LogP contribution is -2.26. The van der Waals surface area contributed by atoms with E-state index in [-0.39, 0.29) is 6.42 Å². The van der Waals surface area contributed by atoms with Crippen molar-refractivity contribution in [3.63, 3.8) is 0 Å². The molecule has 0 spiro atoms. The number of nitrogens with zero attached hydrogens (tertiary/aromatic N) is 1. The molecule has 0 heterocycles. The van der Waals surface area contributed by atoms with Crippen molar-refractivity contribution in [2.24, 2.45) is 0 Å². The smallest absolute Gasteiger partial charge is 0.305 e. The first kappa shape index (κ1) is 13.7. The minimum Gasteiger partial charge on any atom is -0.481 e. The molecule has 0 aliphatic carbocycles. The summed E-state index contributed by atoms with van der Waals surface area (Å²) in [6.07, 6.45) is 5.25. The van der Waals surface area contributed by atoms with Crippen LogP contribution in [0.4, 0.5) is 5.69 Å². The average Bonchev–Trinajstić information content (AvgIpc) is 2.24. The zero-order valence-electron chi connectivity index (χ0n) is 8.99. The summed E-state index contributed by atoms with van der Waals surface area (Å²) in [7, 11) is 0. The van der Waals surface area contributed by atoms with Gasteiger partial charge >= 0.3 is 5.97 Å². The van der Waals surface area contributed by atoms with Crippen molar-refractivity contribution < 1.29 is 9.90 Å². The SMILES string of the molecule is C#CCN(CCC(=O)O)c1ccc(Cl)cc1Cl. The highest BCUT2D eigenvalue weighted by molar-refractivity contribution is 6.36. The van der Waals surface area contributed by atoms with Crippen LogP contribution in [0.25, 0.3) is 0 Å². The molecule has 3 nitrogen and oxygen atoms in total. The highest BCUT2D eigenvalue weighted by Crippen LogP contribution is 2.28. The Hall–Kier alpha value is -1.37. The third-order valence-electron chi connectivity index (χ3n) is 2.13. The zero-order chi connectivity index (χ0) is 12.8. The Kier molecular flexibility index (Phi) is 5.14. The molecule has 0 radical (unpaired) electrons. The van der Waals surface area contributed by atoms with E-state index >= 15 is 0 Å². The summed E-state index contributed by atoms with van der Waals surface area (Å²) in [4.78, 5) is 12.3. The molecule has 5 heteroatoms. The van der Waals surface area contributed by atoms with Crippen LogP contribution >= 0.6 is 23.2 Å². The van der Waals surface area contributed by atoms with E-state index in [0.717, 1.165) is 0 Å². The molecule has 0 bridgehead atoms. The molecule has 0 unspecified atom stereocenters. The number of aliphatic carboxylic acids is 1. The van der Waals surface area contributed by atoms with Crippen molar-refractivity contribution in [1.29, 1.82) is 0 Å². The lowest BCUT2D eigenvalue weighted by atomic mass is 10.2. The number of hydrogen-bond donors (Lipinski definition) is 1. The van der Waals surface area contributed by atoms with E-state index in [9.17, 15) is 4.79 Å². The summed E-state index contributed by atoms with van der Waals surface area (Å²) < 4.78 is 0. The lowest BCUT2D eigenvalue weighted by Gasteiger charge is -2.22. The van der Waals surface area contributed by atoms with Gasteiger partial charge in [-0.05, 0) is 18.2 Å². The van der Waals surface area contributed by atoms with Crippen LogP contribution in [0.15, 0.2) is 18.2 Å². The molecule has 1 rings (SSSR count). The second-order valence-electron chi connectivity index (χ2n) is 3.37.